The number of rotatable bonds is 4. The Labute approximate surface area is 148 Å². The second kappa shape index (κ2) is 7.28. The molecule has 2 aromatic rings. The second-order valence-electron chi connectivity index (χ2n) is 7.32. The molecule has 5 heteroatoms. The van der Waals surface area contributed by atoms with E-state index in [0.717, 1.165) is 49.4 Å². The average molecular weight is 342 g/mol. The molecule has 2 fully saturated rings. The molecule has 0 unspecified atom stereocenters. The molecule has 2 aliphatic rings. The van der Waals surface area contributed by atoms with Crippen molar-refractivity contribution >= 4 is 0 Å². The third kappa shape index (κ3) is 3.64. The molecule has 0 radical (unpaired) electrons. The van der Waals surface area contributed by atoms with Gasteiger partial charge < -0.3 is 14.4 Å². The van der Waals surface area contributed by atoms with E-state index >= 15 is 0 Å². The van der Waals surface area contributed by atoms with Gasteiger partial charge >= 0.3 is 0 Å². The van der Waals surface area contributed by atoms with E-state index < -0.39 is 0 Å². The molecule has 1 aromatic heterocycles. The summed E-state index contributed by atoms with van der Waals surface area (Å²) in [7, 11) is 0. The minimum absolute atomic E-state index is 0.204. The Morgan fingerprint density at radius 3 is 2.88 bits per heavy atom. The summed E-state index contributed by atoms with van der Waals surface area (Å²) in [6, 6.07) is 10.7. The van der Waals surface area contributed by atoms with Crippen LogP contribution in [0.15, 0.2) is 34.9 Å². The Balaban J connectivity index is 1.45. The molecule has 0 aliphatic carbocycles. The van der Waals surface area contributed by atoms with Gasteiger partial charge in [0.25, 0.3) is 0 Å². The predicted molar refractivity (Wildman–Crippen MR) is 95.0 cm³/mol. The molecule has 3 heterocycles. The van der Waals surface area contributed by atoms with Crippen LogP contribution in [0.1, 0.15) is 30.6 Å². The molecule has 2 aliphatic heterocycles. The first-order chi connectivity index (χ1) is 12.2. The van der Waals surface area contributed by atoms with Gasteiger partial charge in [-0.1, -0.05) is 35.0 Å². The van der Waals surface area contributed by atoms with Crippen molar-refractivity contribution in [3.63, 3.8) is 0 Å². The first-order valence-corrected chi connectivity index (χ1v) is 9.23. The number of aliphatic hydroxyl groups excluding tert-OH is 1. The first-order valence-electron chi connectivity index (χ1n) is 9.23. The number of nitrogens with zero attached hydrogens (tertiary/aromatic N) is 2. The molecule has 0 saturated carbocycles. The minimum Gasteiger partial charge on any atom is -0.393 e. The normalized spacial score (nSPS) is 27.7. The van der Waals surface area contributed by atoms with E-state index in [1.165, 1.54) is 5.56 Å². The molecule has 1 N–H and O–H groups in total. The van der Waals surface area contributed by atoms with Crippen LogP contribution in [0, 0.1) is 12.8 Å². The van der Waals surface area contributed by atoms with E-state index in [0.29, 0.717) is 19.3 Å². The molecule has 0 bridgehead atoms. The van der Waals surface area contributed by atoms with Crippen molar-refractivity contribution in [1.29, 1.82) is 0 Å². The molecule has 0 amide bonds. The van der Waals surface area contributed by atoms with Crippen molar-refractivity contribution in [3.05, 3.63) is 41.7 Å². The van der Waals surface area contributed by atoms with E-state index in [4.69, 9.17) is 9.26 Å². The Hall–Kier alpha value is -1.69. The zero-order valence-corrected chi connectivity index (χ0v) is 14.7. The highest BCUT2D eigenvalue weighted by atomic mass is 16.5. The number of ether oxygens (including phenoxy) is 1. The zero-order chi connectivity index (χ0) is 17.2. The van der Waals surface area contributed by atoms with Crippen LogP contribution >= 0.6 is 0 Å². The average Bonchev–Trinajstić information content (AvgIpc) is 3.26. The molecule has 2 saturated heterocycles. The van der Waals surface area contributed by atoms with Crippen molar-refractivity contribution in [1.82, 2.24) is 10.1 Å². The maximum Gasteiger partial charge on any atom is 0.151 e. The number of hydrogen-bond donors (Lipinski definition) is 1. The van der Waals surface area contributed by atoms with Crippen LogP contribution in [0.25, 0.3) is 11.3 Å². The standard InChI is InChI=1S/C20H26N2O3/c1-14-4-6-15(7-5-14)18-11-16(25-21-18)12-22-9-2-3-19(22)17-13-24-10-8-20(17)23/h4-7,11,17,19-20,23H,2-3,8-10,12-13H2,1H3/t17-,19-,20+/m1/s1. The van der Waals surface area contributed by atoms with Crippen LogP contribution in [0.2, 0.25) is 0 Å². The lowest BCUT2D eigenvalue weighted by molar-refractivity contribution is -0.0642. The zero-order valence-electron chi connectivity index (χ0n) is 14.7. The number of aromatic nitrogens is 1. The molecule has 0 spiro atoms. The Morgan fingerprint density at radius 1 is 1.24 bits per heavy atom. The fraction of sp³-hybridized carbons (Fsp3) is 0.550. The van der Waals surface area contributed by atoms with Gasteiger partial charge in [-0.25, -0.2) is 0 Å². The quantitative estimate of drug-likeness (QED) is 0.925. The van der Waals surface area contributed by atoms with Crippen LogP contribution in [0.5, 0.6) is 0 Å². The molecule has 1 aromatic carbocycles. The molecule has 25 heavy (non-hydrogen) atoms. The number of aliphatic hydroxyl groups is 1. The number of aryl methyl sites for hydroxylation is 1. The van der Waals surface area contributed by atoms with E-state index in [1.807, 2.05) is 6.07 Å². The summed E-state index contributed by atoms with van der Waals surface area (Å²) in [5.41, 5.74) is 3.20. The Kier molecular flexibility index (Phi) is 4.88. The molecule has 134 valence electrons. The fourth-order valence-electron chi connectivity index (χ4n) is 4.10. The molecular weight excluding hydrogens is 316 g/mol. The lowest BCUT2D eigenvalue weighted by atomic mass is 9.89. The van der Waals surface area contributed by atoms with Gasteiger partial charge in [0, 0.05) is 30.2 Å². The molecular formula is C20H26N2O3. The van der Waals surface area contributed by atoms with E-state index in [2.05, 4.69) is 41.2 Å². The first kappa shape index (κ1) is 16.8. The SMILES string of the molecule is Cc1ccc(-c2cc(CN3CCC[C@@H]3[C@H]3COCC[C@@H]3O)on2)cc1. The highest BCUT2D eigenvalue weighted by Gasteiger charge is 2.37. The van der Waals surface area contributed by atoms with Crippen LogP contribution < -0.4 is 0 Å². The number of hydrogen-bond acceptors (Lipinski definition) is 5. The number of likely N-dealkylation sites (tertiary alicyclic amines) is 1. The summed E-state index contributed by atoms with van der Waals surface area (Å²) < 4.78 is 11.2. The van der Waals surface area contributed by atoms with Crippen molar-refractivity contribution in [2.45, 2.75) is 44.9 Å². The lowest BCUT2D eigenvalue weighted by Crippen LogP contribution is -2.45. The maximum atomic E-state index is 10.3. The van der Waals surface area contributed by atoms with Gasteiger partial charge in [0.15, 0.2) is 5.76 Å². The monoisotopic (exact) mass is 342 g/mol. The minimum atomic E-state index is -0.253. The highest BCUT2D eigenvalue weighted by molar-refractivity contribution is 5.59. The Morgan fingerprint density at radius 2 is 2.08 bits per heavy atom. The van der Waals surface area contributed by atoms with Gasteiger partial charge in [-0.3, -0.25) is 4.90 Å². The highest BCUT2D eigenvalue weighted by Crippen LogP contribution is 2.31. The van der Waals surface area contributed by atoms with Crippen molar-refractivity contribution in [2.24, 2.45) is 5.92 Å². The van der Waals surface area contributed by atoms with Crippen molar-refractivity contribution in [3.8, 4) is 11.3 Å². The topological polar surface area (TPSA) is 58.7 Å². The third-order valence-electron chi connectivity index (χ3n) is 5.54. The van der Waals surface area contributed by atoms with Crippen LogP contribution in [-0.4, -0.2) is 47.1 Å². The number of benzene rings is 1. The molecule has 5 nitrogen and oxygen atoms in total. The van der Waals surface area contributed by atoms with Gasteiger partial charge in [0.1, 0.15) is 5.69 Å². The molecule has 4 rings (SSSR count). The van der Waals surface area contributed by atoms with Gasteiger partial charge in [0.2, 0.25) is 0 Å². The Bertz CT molecular complexity index is 697. The van der Waals surface area contributed by atoms with Gasteiger partial charge in [0.05, 0.1) is 19.3 Å². The van der Waals surface area contributed by atoms with Gasteiger partial charge in [-0.15, -0.1) is 0 Å². The fourth-order valence-corrected chi connectivity index (χ4v) is 4.10. The largest absolute Gasteiger partial charge is 0.393 e. The predicted octanol–water partition coefficient (Wildman–Crippen LogP) is 3.01. The maximum absolute atomic E-state index is 10.3. The van der Waals surface area contributed by atoms with Crippen molar-refractivity contribution < 1.29 is 14.4 Å². The van der Waals surface area contributed by atoms with E-state index in [9.17, 15) is 5.11 Å². The van der Waals surface area contributed by atoms with Crippen molar-refractivity contribution in [2.75, 3.05) is 19.8 Å². The smallest absolute Gasteiger partial charge is 0.151 e. The summed E-state index contributed by atoms with van der Waals surface area (Å²) in [5.74, 6) is 1.09. The third-order valence-corrected chi connectivity index (χ3v) is 5.54. The summed E-state index contributed by atoms with van der Waals surface area (Å²) in [4.78, 5) is 2.42. The van der Waals surface area contributed by atoms with E-state index in [1.54, 1.807) is 0 Å². The molecule has 3 atom stereocenters. The summed E-state index contributed by atoms with van der Waals surface area (Å²) >= 11 is 0. The summed E-state index contributed by atoms with van der Waals surface area (Å²) in [6.07, 6.45) is 2.77. The van der Waals surface area contributed by atoms with E-state index in [-0.39, 0.29) is 12.0 Å². The van der Waals surface area contributed by atoms with Gasteiger partial charge in [-0.05, 0) is 32.7 Å². The second-order valence-corrected chi connectivity index (χ2v) is 7.32. The van der Waals surface area contributed by atoms with Crippen LogP contribution in [0.4, 0.5) is 0 Å². The summed E-state index contributed by atoms with van der Waals surface area (Å²) in [5, 5.41) is 14.6. The summed E-state index contributed by atoms with van der Waals surface area (Å²) in [6.45, 7) is 5.19. The van der Waals surface area contributed by atoms with Crippen LogP contribution in [-0.2, 0) is 11.3 Å². The lowest BCUT2D eigenvalue weighted by Gasteiger charge is -2.36. The van der Waals surface area contributed by atoms with Gasteiger partial charge in [-0.2, -0.15) is 0 Å². The van der Waals surface area contributed by atoms with Crippen LogP contribution in [0.3, 0.4) is 0 Å².